The van der Waals surface area contributed by atoms with Gasteiger partial charge >= 0.3 is 0 Å². The highest BCUT2D eigenvalue weighted by atomic mass is 32.1. The molecule has 2 atom stereocenters. The van der Waals surface area contributed by atoms with Crippen LogP contribution in [0.15, 0.2) is 35.2 Å². The van der Waals surface area contributed by atoms with Gasteiger partial charge in [0.15, 0.2) is 11.5 Å². The number of carbonyl (C=O) groups excluding carboxylic acids is 1. The van der Waals surface area contributed by atoms with Crippen molar-refractivity contribution in [2.75, 3.05) is 5.73 Å². The number of nitrogens with zero attached hydrogens (tertiary/aromatic N) is 3. The molecule has 1 amide bonds. The molecule has 0 bridgehead atoms. The monoisotopic (exact) mass is 300 g/mol. The molecular weight excluding hydrogens is 284 g/mol. The van der Waals surface area contributed by atoms with Crippen LogP contribution in [-0.4, -0.2) is 32.9 Å². The molecule has 0 spiro atoms. The van der Waals surface area contributed by atoms with Crippen molar-refractivity contribution >= 4 is 23.1 Å². The first-order chi connectivity index (χ1) is 10.1. The first-order valence-corrected chi connectivity index (χ1v) is 7.68. The molecule has 5 nitrogen and oxygen atoms in total. The van der Waals surface area contributed by atoms with E-state index >= 15 is 0 Å². The van der Waals surface area contributed by atoms with E-state index in [1.807, 2.05) is 42.8 Å². The van der Waals surface area contributed by atoms with E-state index in [9.17, 15) is 4.79 Å². The van der Waals surface area contributed by atoms with E-state index in [-0.39, 0.29) is 29.5 Å². The fraction of sp³-hybridized carbons (Fsp3) is 0.267. The second kappa shape index (κ2) is 5.29. The molecule has 3 rings (SSSR count). The number of nitrogens with two attached hydrogens (primary N) is 1. The minimum Gasteiger partial charge on any atom is -0.382 e. The third kappa shape index (κ3) is 2.42. The molecule has 2 N–H and O–H groups in total. The van der Waals surface area contributed by atoms with Crippen molar-refractivity contribution in [2.24, 2.45) is 0 Å². The number of rotatable bonds is 2. The third-order valence-corrected chi connectivity index (χ3v) is 4.28. The van der Waals surface area contributed by atoms with Crippen LogP contribution in [0.25, 0.3) is 11.3 Å². The van der Waals surface area contributed by atoms with Crippen molar-refractivity contribution < 1.29 is 4.79 Å². The molecule has 2 aromatic heterocycles. The first-order valence-electron chi connectivity index (χ1n) is 6.74. The number of thiophene rings is 1. The Labute approximate surface area is 127 Å². The topological polar surface area (TPSA) is 72.1 Å². The summed E-state index contributed by atoms with van der Waals surface area (Å²) in [6.45, 7) is 3.95. The molecule has 0 saturated carbocycles. The largest absolute Gasteiger partial charge is 0.382 e. The predicted octanol–water partition coefficient (Wildman–Crippen LogP) is 2.58. The Hall–Kier alpha value is -2.21. The molecule has 0 aliphatic carbocycles. The van der Waals surface area contributed by atoms with E-state index in [1.165, 1.54) is 0 Å². The Bertz CT molecular complexity index is 684. The lowest BCUT2D eigenvalue weighted by Gasteiger charge is -2.26. The molecule has 0 aromatic carbocycles. The van der Waals surface area contributed by atoms with Gasteiger partial charge in [0.1, 0.15) is 0 Å². The Kier molecular flexibility index (Phi) is 3.47. The van der Waals surface area contributed by atoms with Crippen LogP contribution in [0, 0.1) is 0 Å². The SMILES string of the molecule is C[C@@H]1C=C[C@H](C)N1C(=O)c1nc(-c2ccsc2)cnc1N. The second-order valence-corrected chi connectivity index (χ2v) is 5.86. The maximum Gasteiger partial charge on any atom is 0.277 e. The van der Waals surface area contributed by atoms with Gasteiger partial charge in [0.05, 0.1) is 11.9 Å². The standard InChI is InChI=1S/C15H16N4OS/c1-9-3-4-10(2)19(9)15(20)13-14(16)17-7-12(18-13)11-5-6-21-8-11/h3-10H,1-2H3,(H2,16,17)/t9-,10+. The molecule has 0 fully saturated rings. The summed E-state index contributed by atoms with van der Waals surface area (Å²) in [5.74, 6) is -0.00707. The van der Waals surface area contributed by atoms with Gasteiger partial charge in [-0.2, -0.15) is 11.3 Å². The Morgan fingerprint density at radius 1 is 1.33 bits per heavy atom. The molecular formula is C15H16N4OS. The van der Waals surface area contributed by atoms with Crippen molar-refractivity contribution in [3.63, 3.8) is 0 Å². The summed E-state index contributed by atoms with van der Waals surface area (Å²) < 4.78 is 0. The van der Waals surface area contributed by atoms with Gasteiger partial charge in [-0.1, -0.05) is 12.2 Å². The number of hydrogen-bond acceptors (Lipinski definition) is 5. The van der Waals surface area contributed by atoms with Crippen molar-refractivity contribution in [2.45, 2.75) is 25.9 Å². The normalized spacial score (nSPS) is 21.0. The lowest BCUT2D eigenvalue weighted by Crippen LogP contribution is -2.40. The van der Waals surface area contributed by atoms with Gasteiger partial charge in [-0.3, -0.25) is 4.79 Å². The van der Waals surface area contributed by atoms with Crippen LogP contribution in [-0.2, 0) is 0 Å². The molecule has 3 heterocycles. The maximum atomic E-state index is 12.7. The minimum absolute atomic E-state index is 0.0403. The smallest absolute Gasteiger partial charge is 0.277 e. The number of aromatic nitrogens is 2. The molecule has 0 unspecified atom stereocenters. The summed E-state index contributed by atoms with van der Waals surface area (Å²) in [7, 11) is 0. The molecule has 0 saturated heterocycles. The first kappa shape index (κ1) is 13.8. The summed E-state index contributed by atoms with van der Waals surface area (Å²) in [4.78, 5) is 23.0. The maximum absolute atomic E-state index is 12.7. The van der Waals surface area contributed by atoms with Crippen molar-refractivity contribution in [1.82, 2.24) is 14.9 Å². The van der Waals surface area contributed by atoms with Gasteiger partial charge in [0, 0.05) is 23.0 Å². The highest BCUT2D eigenvalue weighted by Crippen LogP contribution is 2.24. The van der Waals surface area contributed by atoms with Crippen LogP contribution >= 0.6 is 11.3 Å². The highest BCUT2D eigenvalue weighted by molar-refractivity contribution is 7.08. The third-order valence-electron chi connectivity index (χ3n) is 3.60. The molecule has 6 heteroatoms. The van der Waals surface area contributed by atoms with Crippen LogP contribution < -0.4 is 5.73 Å². The minimum atomic E-state index is -0.179. The Morgan fingerprint density at radius 2 is 2.05 bits per heavy atom. The van der Waals surface area contributed by atoms with Gasteiger partial charge in [-0.15, -0.1) is 0 Å². The van der Waals surface area contributed by atoms with Gasteiger partial charge in [-0.25, -0.2) is 9.97 Å². The molecule has 21 heavy (non-hydrogen) atoms. The number of anilines is 1. The van der Waals surface area contributed by atoms with E-state index in [0.717, 1.165) is 5.56 Å². The summed E-state index contributed by atoms with van der Waals surface area (Å²) in [6, 6.07) is 2.03. The summed E-state index contributed by atoms with van der Waals surface area (Å²) in [5.41, 5.74) is 7.70. The van der Waals surface area contributed by atoms with Crippen LogP contribution in [0.2, 0.25) is 0 Å². The molecule has 1 aliphatic heterocycles. The number of carbonyl (C=O) groups is 1. The average molecular weight is 300 g/mol. The lowest BCUT2D eigenvalue weighted by molar-refractivity contribution is 0.0704. The van der Waals surface area contributed by atoms with E-state index in [2.05, 4.69) is 9.97 Å². The summed E-state index contributed by atoms with van der Waals surface area (Å²) >= 11 is 1.57. The molecule has 1 aliphatic rings. The zero-order valence-corrected chi connectivity index (χ0v) is 12.7. The molecule has 2 aromatic rings. The van der Waals surface area contributed by atoms with Crippen LogP contribution in [0.1, 0.15) is 24.3 Å². The van der Waals surface area contributed by atoms with E-state index < -0.39 is 0 Å². The van der Waals surface area contributed by atoms with Crippen LogP contribution in [0.5, 0.6) is 0 Å². The fourth-order valence-corrected chi connectivity index (χ4v) is 3.12. The second-order valence-electron chi connectivity index (χ2n) is 5.08. The molecule has 0 radical (unpaired) electrons. The zero-order chi connectivity index (χ0) is 15.0. The molecule has 108 valence electrons. The lowest BCUT2D eigenvalue weighted by atomic mass is 10.2. The van der Waals surface area contributed by atoms with Crippen LogP contribution in [0.4, 0.5) is 5.82 Å². The van der Waals surface area contributed by atoms with E-state index in [1.54, 1.807) is 22.4 Å². The summed E-state index contributed by atoms with van der Waals surface area (Å²) in [5, 5.41) is 3.93. The van der Waals surface area contributed by atoms with Crippen molar-refractivity contribution in [1.29, 1.82) is 0 Å². The quantitative estimate of drug-likeness (QED) is 0.865. The van der Waals surface area contributed by atoms with Crippen LogP contribution in [0.3, 0.4) is 0 Å². The van der Waals surface area contributed by atoms with Crippen molar-refractivity contribution in [3.8, 4) is 11.3 Å². The number of nitrogen functional groups attached to an aromatic ring is 1. The predicted molar refractivity (Wildman–Crippen MR) is 84.0 cm³/mol. The van der Waals surface area contributed by atoms with Gasteiger partial charge in [0.2, 0.25) is 0 Å². The van der Waals surface area contributed by atoms with E-state index in [0.29, 0.717) is 5.69 Å². The summed E-state index contributed by atoms with van der Waals surface area (Å²) in [6.07, 6.45) is 5.62. The number of hydrogen-bond donors (Lipinski definition) is 1. The average Bonchev–Trinajstić information content (AvgIpc) is 3.09. The van der Waals surface area contributed by atoms with Gasteiger partial charge < -0.3 is 10.6 Å². The van der Waals surface area contributed by atoms with Crippen molar-refractivity contribution in [3.05, 3.63) is 40.9 Å². The number of amides is 1. The van der Waals surface area contributed by atoms with Gasteiger partial charge in [0.25, 0.3) is 5.91 Å². The highest BCUT2D eigenvalue weighted by Gasteiger charge is 2.30. The zero-order valence-electron chi connectivity index (χ0n) is 11.9. The Balaban J connectivity index is 1.98. The van der Waals surface area contributed by atoms with Gasteiger partial charge in [-0.05, 0) is 25.3 Å². The Morgan fingerprint density at radius 3 is 2.67 bits per heavy atom. The fourth-order valence-electron chi connectivity index (χ4n) is 2.48. The van der Waals surface area contributed by atoms with E-state index in [4.69, 9.17) is 5.73 Å².